The van der Waals surface area contributed by atoms with Crippen LogP contribution in [0.1, 0.15) is 27.9 Å². The lowest BCUT2D eigenvalue weighted by atomic mass is 9.88. The fourth-order valence-corrected chi connectivity index (χ4v) is 3.14. The zero-order valence-corrected chi connectivity index (χ0v) is 12.2. The molecule has 0 aliphatic heterocycles. The number of benzene rings is 1. The number of aryl methyl sites for hydroxylation is 1. The number of nitrogens with one attached hydrogen (secondary N) is 1. The van der Waals surface area contributed by atoms with Crippen LogP contribution in [-0.2, 0) is 12.8 Å². The highest BCUT2D eigenvalue weighted by Gasteiger charge is 2.20. The largest absolute Gasteiger partial charge is 0.349 e. The topological polar surface area (TPSA) is 46.4 Å². The van der Waals surface area contributed by atoms with Gasteiger partial charge in [-0.1, -0.05) is 24.3 Å². The average Bonchev–Trinajstić information content (AvgIpc) is 3.02. The van der Waals surface area contributed by atoms with Crippen molar-refractivity contribution in [3.8, 4) is 0 Å². The fraction of sp³-hybridized carbons (Fsp3) is 0.222. The van der Waals surface area contributed by atoms with Crippen molar-refractivity contribution in [1.29, 1.82) is 0 Å². The summed E-state index contributed by atoms with van der Waals surface area (Å²) in [5, 5.41) is 3.16. The summed E-state index contributed by atoms with van der Waals surface area (Å²) in [5.41, 5.74) is 4.28. The van der Waals surface area contributed by atoms with Crippen LogP contribution in [0.15, 0.2) is 55.0 Å². The Labute approximate surface area is 128 Å². The lowest BCUT2D eigenvalue weighted by Gasteiger charge is -2.25. The van der Waals surface area contributed by atoms with Crippen molar-refractivity contribution < 1.29 is 4.79 Å². The molecule has 2 aromatic heterocycles. The van der Waals surface area contributed by atoms with E-state index in [0.29, 0.717) is 5.56 Å². The highest BCUT2D eigenvalue weighted by atomic mass is 16.1. The molecular weight excluding hydrogens is 274 g/mol. The lowest BCUT2D eigenvalue weighted by molar-refractivity contribution is 0.0933. The van der Waals surface area contributed by atoms with Gasteiger partial charge in [0.15, 0.2) is 0 Å². The molecule has 4 heteroatoms. The minimum atomic E-state index is -0.0139. The first-order valence-electron chi connectivity index (χ1n) is 7.60. The van der Waals surface area contributed by atoms with Gasteiger partial charge in [-0.15, -0.1) is 0 Å². The van der Waals surface area contributed by atoms with Gasteiger partial charge in [0.25, 0.3) is 5.91 Å². The van der Waals surface area contributed by atoms with Crippen LogP contribution in [0.5, 0.6) is 0 Å². The van der Waals surface area contributed by atoms with Gasteiger partial charge >= 0.3 is 0 Å². The van der Waals surface area contributed by atoms with E-state index in [9.17, 15) is 4.79 Å². The van der Waals surface area contributed by atoms with Gasteiger partial charge in [0.2, 0.25) is 0 Å². The Kier molecular flexibility index (Phi) is 3.15. The first-order chi connectivity index (χ1) is 10.8. The third-order valence-electron chi connectivity index (χ3n) is 4.33. The summed E-state index contributed by atoms with van der Waals surface area (Å²) in [6.07, 6.45) is 8.35. The molecule has 0 saturated heterocycles. The molecule has 0 radical (unpaired) electrons. The highest BCUT2D eigenvalue weighted by molar-refractivity contribution is 5.94. The quantitative estimate of drug-likeness (QED) is 0.789. The number of pyridine rings is 1. The second kappa shape index (κ2) is 5.30. The predicted octanol–water partition coefficient (Wildman–Crippen LogP) is 2.62. The Hall–Kier alpha value is -2.62. The number of carbonyl (C=O) groups excluding carboxylic acids is 1. The van der Waals surface area contributed by atoms with Crippen molar-refractivity contribution in [2.75, 3.05) is 0 Å². The van der Waals surface area contributed by atoms with E-state index in [0.717, 1.165) is 24.9 Å². The van der Waals surface area contributed by atoms with Crippen molar-refractivity contribution in [3.63, 3.8) is 0 Å². The number of nitrogens with zero attached hydrogens (tertiary/aromatic N) is 2. The van der Waals surface area contributed by atoms with Crippen LogP contribution >= 0.6 is 0 Å². The highest BCUT2D eigenvalue weighted by Crippen LogP contribution is 2.21. The number of hydrogen-bond acceptors (Lipinski definition) is 2. The summed E-state index contributed by atoms with van der Waals surface area (Å²) in [4.78, 5) is 16.6. The van der Waals surface area contributed by atoms with Crippen LogP contribution in [0.25, 0.3) is 5.65 Å². The molecule has 1 aliphatic rings. The van der Waals surface area contributed by atoms with E-state index in [-0.39, 0.29) is 11.9 Å². The third kappa shape index (κ3) is 2.37. The van der Waals surface area contributed by atoms with Crippen molar-refractivity contribution >= 4 is 11.6 Å². The molecule has 0 saturated carbocycles. The molecule has 1 N–H and O–H groups in total. The van der Waals surface area contributed by atoms with Crippen LogP contribution in [0.4, 0.5) is 0 Å². The number of hydrogen-bond donors (Lipinski definition) is 1. The van der Waals surface area contributed by atoms with E-state index in [2.05, 4.69) is 34.6 Å². The molecule has 22 heavy (non-hydrogen) atoms. The van der Waals surface area contributed by atoms with E-state index in [1.165, 1.54) is 11.1 Å². The van der Waals surface area contributed by atoms with Crippen molar-refractivity contribution in [2.45, 2.75) is 25.3 Å². The van der Waals surface area contributed by atoms with Crippen molar-refractivity contribution in [3.05, 3.63) is 71.7 Å². The summed E-state index contributed by atoms with van der Waals surface area (Å²) in [7, 11) is 0. The lowest BCUT2D eigenvalue weighted by Crippen LogP contribution is -2.38. The maximum absolute atomic E-state index is 12.4. The second-order valence-corrected chi connectivity index (χ2v) is 5.79. The molecule has 1 unspecified atom stereocenters. The van der Waals surface area contributed by atoms with Gasteiger partial charge in [-0.3, -0.25) is 4.79 Å². The number of imidazole rings is 1. The SMILES string of the molecule is O=C(NC1CCc2ccccc2C1)c1ccc2nccn2c1. The second-order valence-electron chi connectivity index (χ2n) is 5.79. The standard InChI is InChI=1S/C18H17N3O/c22-18(15-6-8-17-19-9-10-21(17)12-15)20-16-7-5-13-3-1-2-4-14(13)11-16/h1-4,6,8-10,12,16H,5,7,11H2,(H,20,22). The number of carbonyl (C=O) groups is 1. The van der Waals surface area contributed by atoms with Gasteiger partial charge in [-0.05, 0) is 42.5 Å². The molecule has 4 rings (SSSR count). The van der Waals surface area contributed by atoms with E-state index >= 15 is 0 Å². The minimum Gasteiger partial charge on any atom is -0.349 e. The fourth-order valence-electron chi connectivity index (χ4n) is 3.14. The first-order valence-corrected chi connectivity index (χ1v) is 7.60. The average molecular weight is 291 g/mol. The Balaban J connectivity index is 1.50. The molecule has 1 amide bonds. The van der Waals surface area contributed by atoms with Crippen LogP contribution in [-0.4, -0.2) is 21.3 Å². The zero-order chi connectivity index (χ0) is 14.9. The molecule has 0 fully saturated rings. The normalized spacial score (nSPS) is 17.2. The molecule has 0 spiro atoms. The number of fused-ring (bicyclic) bond motifs is 2. The van der Waals surface area contributed by atoms with E-state index in [1.807, 2.05) is 28.9 Å². The van der Waals surface area contributed by atoms with Gasteiger partial charge in [-0.25, -0.2) is 4.98 Å². The van der Waals surface area contributed by atoms with Crippen LogP contribution in [0.2, 0.25) is 0 Å². The first kappa shape index (κ1) is 13.1. The Bertz CT molecular complexity index is 837. The number of aromatic nitrogens is 2. The van der Waals surface area contributed by atoms with Crippen LogP contribution in [0, 0.1) is 0 Å². The Morgan fingerprint density at radius 1 is 1.18 bits per heavy atom. The van der Waals surface area contributed by atoms with E-state index < -0.39 is 0 Å². The predicted molar refractivity (Wildman–Crippen MR) is 84.9 cm³/mol. The van der Waals surface area contributed by atoms with Gasteiger partial charge in [-0.2, -0.15) is 0 Å². The number of rotatable bonds is 2. The molecule has 4 nitrogen and oxygen atoms in total. The molecule has 110 valence electrons. The summed E-state index contributed by atoms with van der Waals surface area (Å²) in [5.74, 6) is -0.0139. The van der Waals surface area contributed by atoms with Crippen LogP contribution < -0.4 is 5.32 Å². The number of amides is 1. The van der Waals surface area contributed by atoms with Crippen molar-refractivity contribution in [2.24, 2.45) is 0 Å². The van der Waals surface area contributed by atoms with E-state index in [1.54, 1.807) is 6.20 Å². The molecule has 2 heterocycles. The third-order valence-corrected chi connectivity index (χ3v) is 4.33. The van der Waals surface area contributed by atoms with Gasteiger partial charge in [0.05, 0.1) is 5.56 Å². The zero-order valence-electron chi connectivity index (χ0n) is 12.2. The maximum atomic E-state index is 12.4. The smallest absolute Gasteiger partial charge is 0.253 e. The molecule has 0 bridgehead atoms. The van der Waals surface area contributed by atoms with Gasteiger partial charge in [0.1, 0.15) is 5.65 Å². The van der Waals surface area contributed by atoms with Gasteiger partial charge in [0, 0.05) is 24.6 Å². The van der Waals surface area contributed by atoms with Crippen LogP contribution in [0.3, 0.4) is 0 Å². The molecule has 1 aromatic carbocycles. The Morgan fingerprint density at radius 3 is 2.95 bits per heavy atom. The van der Waals surface area contributed by atoms with Gasteiger partial charge < -0.3 is 9.72 Å². The monoisotopic (exact) mass is 291 g/mol. The molecule has 1 atom stereocenters. The Morgan fingerprint density at radius 2 is 2.05 bits per heavy atom. The van der Waals surface area contributed by atoms with E-state index in [4.69, 9.17) is 0 Å². The molecule has 3 aromatic rings. The minimum absolute atomic E-state index is 0.0139. The summed E-state index contributed by atoms with van der Waals surface area (Å²) in [6.45, 7) is 0. The summed E-state index contributed by atoms with van der Waals surface area (Å²) >= 11 is 0. The molecular formula is C18H17N3O. The van der Waals surface area contributed by atoms with Crippen molar-refractivity contribution in [1.82, 2.24) is 14.7 Å². The summed E-state index contributed by atoms with van der Waals surface area (Å²) in [6, 6.07) is 12.4. The molecule has 1 aliphatic carbocycles. The maximum Gasteiger partial charge on any atom is 0.253 e. The summed E-state index contributed by atoms with van der Waals surface area (Å²) < 4.78 is 1.87.